The molecule has 110 valence electrons. The summed E-state index contributed by atoms with van der Waals surface area (Å²) in [7, 11) is 0. The third-order valence-electron chi connectivity index (χ3n) is 4.16. The topological polar surface area (TPSA) is 65.2 Å². The van der Waals surface area contributed by atoms with Crippen molar-refractivity contribution in [1.29, 1.82) is 0 Å². The van der Waals surface area contributed by atoms with Gasteiger partial charge in [-0.05, 0) is 37.6 Å². The van der Waals surface area contributed by atoms with E-state index < -0.39 is 0 Å². The first-order valence-corrected chi connectivity index (χ1v) is 7.21. The Morgan fingerprint density at radius 2 is 2.05 bits per heavy atom. The minimum Gasteiger partial charge on any atom is -0.358 e. The zero-order chi connectivity index (χ0) is 15.0. The molecule has 2 amide bonds. The van der Waals surface area contributed by atoms with Crippen molar-refractivity contribution in [3.05, 3.63) is 35.0 Å². The van der Waals surface area contributed by atoms with E-state index in [1.165, 1.54) is 5.56 Å². The molecule has 3 rings (SSSR count). The number of nitrogens with one attached hydrogen (secondary N) is 2. The van der Waals surface area contributed by atoms with Crippen molar-refractivity contribution in [3.63, 3.8) is 0 Å². The van der Waals surface area contributed by atoms with E-state index in [1.54, 1.807) is 4.90 Å². The number of aromatic amines is 1. The van der Waals surface area contributed by atoms with Gasteiger partial charge in [-0.3, -0.25) is 9.59 Å². The minimum absolute atomic E-state index is 0.00773. The molecule has 0 atom stereocenters. The minimum atomic E-state index is -0.00773. The van der Waals surface area contributed by atoms with E-state index in [0.717, 1.165) is 16.6 Å². The van der Waals surface area contributed by atoms with Crippen LogP contribution in [0.2, 0.25) is 0 Å². The van der Waals surface area contributed by atoms with E-state index in [9.17, 15) is 9.59 Å². The number of benzene rings is 1. The van der Waals surface area contributed by atoms with Gasteiger partial charge in [0.05, 0.1) is 0 Å². The molecule has 5 heteroatoms. The zero-order valence-electron chi connectivity index (χ0n) is 12.3. The van der Waals surface area contributed by atoms with E-state index in [1.807, 2.05) is 25.1 Å². The van der Waals surface area contributed by atoms with E-state index >= 15 is 0 Å². The highest BCUT2D eigenvalue weighted by Crippen LogP contribution is 2.23. The summed E-state index contributed by atoms with van der Waals surface area (Å²) in [5.41, 5.74) is 4.03. The average molecular weight is 285 g/mol. The van der Waals surface area contributed by atoms with E-state index in [4.69, 9.17) is 0 Å². The second kappa shape index (κ2) is 5.24. The van der Waals surface area contributed by atoms with Gasteiger partial charge < -0.3 is 15.2 Å². The van der Waals surface area contributed by atoms with Crippen molar-refractivity contribution in [1.82, 2.24) is 15.2 Å². The Kier molecular flexibility index (Phi) is 3.41. The SMILES string of the molecule is Cc1[nH]c2ccc(C(=O)N3CCNC(=O)CC3)cc2c1C. The molecular formula is C16H19N3O2. The number of carbonyl (C=O) groups is 2. The zero-order valence-corrected chi connectivity index (χ0v) is 12.3. The highest BCUT2D eigenvalue weighted by atomic mass is 16.2. The van der Waals surface area contributed by atoms with Crippen molar-refractivity contribution >= 4 is 22.7 Å². The predicted molar refractivity (Wildman–Crippen MR) is 81.3 cm³/mol. The van der Waals surface area contributed by atoms with Crippen LogP contribution in [-0.4, -0.2) is 41.3 Å². The average Bonchev–Trinajstić information content (AvgIpc) is 2.65. The van der Waals surface area contributed by atoms with E-state index in [0.29, 0.717) is 31.6 Å². The van der Waals surface area contributed by atoms with Crippen molar-refractivity contribution in [3.8, 4) is 0 Å². The number of nitrogens with zero attached hydrogens (tertiary/aromatic N) is 1. The number of rotatable bonds is 1. The number of amides is 2. The van der Waals surface area contributed by atoms with E-state index in [-0.39, 0.29) is 11.8 Å². The van der Waals surface area contributed by atoms with Crippen LogP contribution in [0, 0.1) is 13.8 Å². The highest BCUT2D eigenvalue weighted by Gasteiger charge is 2.20. The van der Waals surface area contributed by atoms with Gasteiger partial charge in [0.25, 0.3) is 5.91 Å². The number of aromatic nitrogens is 1. The van der Waals surface area contributed by atoms with Gasteiger partial charge in [-0.15, -0.1) is 0 Å². The molecule has 5 nitrogen and oxygen atoms in total. The number of hydrogen-bond donors (Lipinski definition) is 2. The maximum Gasteiger partial charge on any atom is 0.253 e. The summed E-state index contributed by atoms with van der Waals surface area (Å²) in [5, 5.41) is 3.87. The lowest BCUT2D eigenvalue weighted by molar-refractivity contribution is -0.120. The second-order valence-electron chi connectivity index (χ2n) is 5.53. The number of fused-ring (bicyclic) bond motifs is 1. The van der Waals surface area contributed by atoms with Crippen LogP contribution in [0.5, 0.6) is 0 Å². The molecule has 1 saturated heterocycles. The van der Waals surface area contributed by atoms with Gasteiger partial charge in [0.2, 0.25) is 5.91 Å². The standard InChI is InChI=1S/C16H19N3O2/c1-10-11(2)18-14-4-3-12(9-13(10)14)16(21)19-7-5-15(20)17-6-8-19/h3-4,9,18H,5-8H2,1-2H3,(H,17,20). The van der Waals surface area contributed by atoms with Crippen LogP contribution in [0.4, 0.5) is 0 Å². The van der Waals surface area contributed by atoms with Gasteiger partial charge >= 0.3 is 0 Å². The van der Waals surface area contributed by atoms with Gasteiger partial charge in [-0.25, -0.2) is 0 Å². The third kappa shape index (κ3) is 2.51. The molecule has 2 aromatic rings. The van der Waals surface area contributed by atoms with Crippen LogP contribution in [0.25, 0.3) is 10.9 Å². The molecule has 0 aliphatic carbocycles. The molecule has 0 spiro atoms. The highest BCUT2D eigenvalue weighted by molar-refractivity contribution is 5.99. The van der Waals surface area contributed by atoms with E-state index in [2.05, 4.69) is 17.2 Å². The van der Waals surface area contributed by atoms with Crippen LogP contribution < -0.4 is 5.32 Å². The lowest BCUT2D eigenvalue weighted by Crippen LogP contribution is -2.34. The maximum absolute atomic E-state index is 12.6. The molecule has 0 bridgehead atoms. The Hall–Kier alpha value is -2.30. The molecule has 0 unspecified atom stereocenters. The second-order valence-corrected chi connectivity index (χ2v) is 5.53. The Morgan fingerprint density at radius 3 is 2.86 bits per heavy atom. The van der Waals surface area contributed by atoms with Crippen LogP contribution in [0.1, 0.15) is 28.0 Å². The number of carbonyl (C=O) groups excluding carboxylic acids is 2. The number of aryl methyl sites for hydroxylation is 2. The monoisotopic (exact) mass is 285 g/mol. The molecule has 21 heavy (non-hydrogen) atoms. The Morgan fingerprint density at radius 1 is 1.24 bits per heavy atom. The molecule has 0 radical (unpaired) electrons. The first-order valence-electron chi connectivity index (χ1n) is 7.21. The molecular weight excluding hydrogens is 266 g/mol. The number of H-pyrrole nitrogens is 1. The van der Waals surface area contributed by atoms with Crippen LogP contribution in [0.3, 0.4) is 0 Å². The van der Waals surface area contributed by atoms with Crippen LogP contribution in [-0.2, 0) is 4.79 Å². The van der Waals surface area contributed by atoms with Crippen molar-refractivity contribution in [2.24, 2.45) is 0 Å². The summed E-state index contributed by atoms with van der Waals surface area (Å²) in [6.45, 7) is 5.65. The summed E-state index contributed by atoms with van der Waals surface area (Å²) < 4.78 is 0. The molecule has 1 aromatic carbocycles. The molecule has 2 N–H and O–H groups in total. The fraction of sp³-hybridized carbons (Fsp3) is 0.375. The normalized spacial score (nSPS) is 15.9. The van der Waals surface area contributed by atoms with Crippen LogP contribution >= 0.6 is 0 Å². The summed E-state index contributed by atoms with van der Waals surface area (Å²) in [6, 6.07) is 5.74. The maximum atomic E-state index is 12.6. The van der Waals surface area contributed by atoms with Crippen LogP contribution in [0.15, 0.2) is 18.2 Å². The van der Waals surface area contributed by atoms with Gasteiger partial charge in [0.15, 0.2) is 0 Å². The Balaban J connectivity index is 1.90. The molecule has 1 aromatic heterocycles. The lowest BCUT2D eigenvalue weighted by atomic mass is 10.1. The fourth-order valence-electron chi connectivity index (χ4n) is 2.75. The Bertz CT molecular complexity index is 718. The van der Waals surface area contributed by atoms with Gasteiger partial charge in [0, 0.05) is 48.2 Å². The molecule has 1 fully saturated rings. The summed E-state index contributed by atoms with van der Waals surface area (Å²) in [4.78, 5) is 29.0. The van der Waals surface area contributed by atoms with Gasteiger partial charge in [-0.1, -0.05) is 0 Å². The fourth-order valence-corrected chi connectivity index (χ4v) is 2.75. The molecule has 0 saturated carbocycles. The van der Waals surface area contributed by atoms with Gasteiger partial charge in [0.1, 0.15) is 0 Å². The first kappa shape index (κ1) is 13.7. The molecule has 1 aliphatic rings. The smallest absolute Gasteiger partial charge is 0.253 e. The molecule has 2 heterocycles. The van der Waals surface area contributed by atoms with Crippen molar-refractivity contribution in [2.45, 2.75) is 20.3 Å². The largest absolute Gasteiger partial charge is 0.358 e. The quantitative estimate of drug-likeness (QED) is 0.838. The van der Waals surface area contributed by atoms with Crippen molar-refractivity contribution in [2.75, 3.05) is 19.6 Å². The summed E-state index contributed by atoms with van der Waals surface area (Å²) >= 11 is 0. The number of hydrogen-bond acceptors (Lipinski definition) is 2. The lowest BCUT2D eigenvalue weighted by Gasteiger charge is -2.19. The third-order valence-corrected chi connectivity index (χ3v) is 4.16. The Labute approximate surface area is 123 Å². The van der Waals surface area contributed by atoms with Crippen molar-refractivity contribution < 1.29 is 9.59 Å². The van der Waals surface area contributed by atoms with Gasteiger partial charge in [-0.2, -0.15) is 0 Å². The summed E-state index contributed by atoms with van der Waals surface area (Å²) in [6.07, 6.45) is 0.371. The molecule has 1 aliphatic heterocycles. The predicted octanol–water partition coefficient (Wildman–Crippen LogP) is 1.75. The first-order chi connectivity index (χ1) is 10.1. The summed E-state index contributed by atoms with van der Waals surface area (Å²) in [5.74, 6) is 0.00417.